The molecule has 2 aromatic carbocycles. The van der Waals surface area contributed by atoms with Gasteiger partial charge >= 0.3 is 12.1 Å². The Morgan fingerprint density at radius 3 is 1.94 bits per heavy atom. The van der Waals surface area contributed by atoms with Gasteiger partial charge in [0.15, 0.2) is 17.2 Å². The Kier molecular flexibility index (Phi) is 7.23. The zero-order chi connectivity index (χ0) is 25.9. The van der Waals surface area contributed by atoms with E-state index in [9.17, 15) is 14.4 Å². The molecule has 0 aliphatic heterocycles. The van der Waals surface area contributed by atoms with E-state index in [1.165, 1.54) is 28.4 Å². The van der Waals surface area contributed by atoms with Gasteiger partial charge in [0.2, 0.25) is 5.75 Å². The molecule has 0 bridgehead atoms. The Morgan fingerprint density at radius 2 is 1.46 bits per heavy atom. The van der Waals surface area contributed by atoms with Gasteiger partial charge in [-0.15, -0.1) is 0 Å². The predicted octanol–water partition coefficient (Wildman–Crippen LogP) is 3.96. The lowest BCUT2D eigenvalue weighted by Crippen LogP contribution is -2.40. The molecule has 0 aliphatic carbocycles. The van der Waals surface area contributed by atoms with Crippen LogP contribution in [0.1, 0.15) is 31.3 Å². The summed E-state index contributed by atoms with van der Waals surface area (Å²) in [5.74, 6) is 0.162. The number of nitrogens with zero attached hydrogens (tertiary/aromatic N) is 1. The number of benzene rings is 2. The molecule has 3 aromatic rings. The minimum atomic E-state index is -0.920. The quantitative estimate of drug-likeness (QED) is 0.523. The van der Waals surface area contributed by atoms with Gasteiger partial charge in [0, 0.05) is 10.9 Å². The van der Waals surface area contributed by atoms with Crippen molar-refractivity contribution < 1.29 is 33.3 Å². The molecule has 0 saturated carbocycles. The van der Waals surface area contributed by atoms with Crippen LogP contribution < -0.4 is 25.2 Å². The molecule has 0 saturated heterocycles. The van der Waals surface area contributed by atoms with Gasteiger partial charge in [-0.25, -0.2) is 19.7 Å². The number of carbonyl (C=O) groups excluding carboxylic acids is 2. The minimum absolute atomic E-state index is 0.212. The van der Waals surface area contributed by atoms with Crippen LogP contribution in [0.3, 0.4) is 0 Å². The second-order valence-electron chi connectivity index (χ2n) is 8.43. The van der Waals surface area contributed by atoms with E-state index in [2.05, 4.69) is 5.43 Å². The molecule has 3 rings (SSSR count). The first-order valence-corrected chi connectivity index (χ1v) is 10.6. The van der Waals surface area contributed by atoms with Crippen molar-refractivity contribution in [1.29, 1.82) is 0 Å². The SMILES string of the molecule is COC(=O)c1c(-c2cc(OC)c(OC)c(OC)c2)c2ccccc2c(=O)n1NC(=O)OC(C)(C)C. The molecule has 1 N–H and O–H groups in total. The van der Waals surface area contributed by atoms with E-state index in [-0.39, 0.29) is 11.1 Å². The molecule has 1 amide bonds. The first-order chi connectivity index (χ1) is 16.6. The number of fused-ring (bicyclic) bond motifs is 1. The first-order valence-electron chi connectivity index (χ1n) is 10.6. The molecule has 1 aromatic heterocycles. The van der Waals surface area contributed by atoms with Gasteiger partial charge in [-0.3, -0.25) is 4.79 Å². The van der Waals surface area contributed by atoms with Crippen LogP contribution in [0.25, 0.3) is 21.9 Å². The summed E-state index contributed by atoms with van der Waals surface area (Å²) in [6.07, 6.45) is -0.920. The van der Waals surface area contributed by atoms with Crippen molar-refractivity contribution in [3.8, 4) is 28.4 Å². The van der Waals surface area contributed by atoms with E-state index in [0.717, 1.165) is 4.68 Å². The van der Waals surface area contributed by atoms with E-state index in [0.29, 0.717) is 33.8 Å². The van der Waals surface area contributed by atoms with E-state index < -0.39 is 23.2 Å². The molecule has 186 valence electrons. The fourth-order valence-electron chi connectivity index (χ4n) is 3.66. The molecule has 1 heterocycles. The number of nitrogens with one attached hydrogen (secondary N) is 1. The van der Waals surface area contributed by atoms with Crippen molar-refractivity contribution in [3.05, 3.63) is 52.4 Å². The molecule has 0 unspecified atom stereocenters. The fourth-order valence-corrected chi connectivity index (χ4v) is 3.66. The Balaban J connectivity index is 2.45. The molecular formula is C25H28N2O8. The molecule has 35 heavy (non-hydrogen) atoms. The standard InChI is InChI=1S/C25H28N2O8/c1-25(2,3)35-24(30)26-27-20(23(29)34-7)19(15-10-8-9-11-16(15)22(27)28)14-12-17(31-4)21(33-6)18(13-14)32-5/h8-13H,1-7H3,(H,26,30). The Bertz CT molecular complexity index is 1310. The lowest BCUT2D eigenvalue weighted by molar-refractivity contribution is 0.0580. The smallest absolute Gasteiger partial charge is 0.427 e. The van der Waals surface area contributed by atoms with Crippen molar-refractivity contribution >= 4 is 22.8 Å². The molecule has 10 nitrogen and oxygen atoms in total. The Hall–Kier alpha value is -4.21. The van der Waals surface area contributed by atoms with Crippen LogP contribution in [0.15, 0.2) is 41.2 Å². The summed E-state index contributed by atoms with van der Waals surface area (Å²) in [4.78, 5) is 39.1. The number of carbonyl (C=O) groups is 2. The maximum absolute atomic E-state index is 13.4. The Morgan fingerprint density at radius 1 is 0.886 bits per heavy atom. The number of methoxy groups -OCH3 is 4. The maximum atomic E-state index is 13.4. The molecule has 0 aliphatic rings. The molecule has 0 spiro atoms. The van der Waals surface area contributed by atoms with E-state index in [4.69, 9.17) is 23.7 Å². The van der Waals surface area contributed by atoms with Gasteiger partial charge in [-0.1, -0.05) is 18.2 Å². The zero-order valence-corrected chi connectivity index (χ0v) is 20.7. The van der Waals surface area contributed by atoms with Crippen LogP contribution in [0.5, 0.6) is 17.2 Å². The fraction of sp³-hybridized carbons (Fsp3) is 0.320. The predicted molar refractivity (Wildman–Crippen MR) is 130 cm³/mol. The largest absolute Gasteiger partial charge is 0.493 e. The van der Waals surface area contributed by atoms with Crippen LogP contribution in [0, 0.1) is 0 Å². The number of hydrogen-bond acceptors (Lipinski definition) is 8. The number of aromatic nitrogens is 1. The van der Waals surface area contributed by atoms with Gasteiger partial charge in [0.25, 0.3) is 5.56 Å². The number of hydrogen-bond donors (Lipinski definition) is 1. The van der Waals surface area contributed by atoms with Gasteiger partial charge in [0.1, 0.15) is 5.60 Å². The third-order valence-electron chi connectivity index (χ3n) is 5.02. The lowest BCUT2D eigenvalue weighted by Gasteiger charge is -2.23. The second kappa shape index (κ2) is 9.96. The maximum Gasteiger partial charge on any atom is 0.427 e. The van der Waals surface area contributed by atoms with Gasteiger partial charge in [-0.05, 0) is 49.9 Å². The zero-order valence-electron chi connectivity index (χ0n) is 20.7. The van der Waals surface area contributed by atoms with Crippen molar-refractivity contribution in [2.24, 2.45) is 0 Å². The van der Waals surface area contributed by atoms with Crippen LogP contribution in [0.2, 0.25) is 0 Å². The summed E-state index contributed by atoms with van der Waals surface area (Å²) in [6.45, 7) is 5.04. The summed E-state index contributed by atoms with van der Waals surface area (Å²) in [6, 6.07) is 9.97. The number of amides is 1. The summed E-state index contributed by atoms with van der Waals surface area (Å²) >= 11 is 0. The van der Waals surface area contributed by atoms with Crippen molar-refractivity contribution in [3.63, 3.8) is 0 Å². The highest BCUT2D eigenvalue weighted by atomic mass is 16.6. The van der Waals surface area contributed by atoms with Crippen molar-refractivity contribution in [2.45, 2.75) is 26.4 Å². The summed E-state index contributed by atoms with van der Waals surface area (Å²) in [7, 11) is 5.58. The summed E-state index contributed by atoms with van der Waals surface area (Å²) < 4.78 is 27.5. The van der Waals surface area contributed by atoms with Gasteiger partial charge in [0.05, 0.1) is 28.4 Å². The first kappa shape index (κ1) is 25.4. The average molecular weight is 485 g/mol. The minimum Gasteiger partial charge on any atom is -0.493 e. The van der Waals surface area contributed by atoms with E-state index in [1.54, 1.807) is 57.2 Å². The average Bonchev–Trinajstić information content (AvgIpc) is 2.82. The van der Waals surface area contributed by atoms with Crippen molar-refractivity contribution in [1.82, 2.24) is 4.68 Å². The highest BCUT2D eigenvalue weighted by molar-refractivity contribution is 6.07. The Labute approximate surface area is 202 Å². The summed E-state index contributed by atoms with van der Waals surface area (Å²) in [5, 5.41) is 0.703. The van der Waals surface area contributed by atoms with Crippen LogP contribution in [-0.2, 0) is 9.47 Å². The van der Waals surface area contributed by atoms with Crippen LogP contribution in [-0.4, -0.2) is 50.8 Å². The van der Waals surface area contributed by atoms with E-state index >= 15 is 0 Å². The number of rotatable bonds is 6. The number of esters is 1. The molecule has 0 fully saturated rings. The van der Waals surface area contributed by atoms with Crippen LogP contribution in [0.4, 0.5) is 4.79 Å². The third kappa shape index (κ3) is 5.01. The third-order valence-corrected chi connectivity index (χ3v) is 5.02. The van der Waals surface area contributed by atoms with Crippen molar-refractivity contribution in [2.75, 3.05) is 33.9 Å². The second-order valence-corrected chi connectivity index (χ2v) is 8.43. The lowest BCUT2D eigenvalue weighted by atomic mass is 9.96. The number of ether oxygens (including phenoxy) is 5. The molecule has 0 atom stereocenters. The normalized spacial score (nSPS) is 11.1. The topological polar surface area (TPSA) is 114 Å². The van der Waals surface area contributed by atoms with Crippen LogP contribution >= 0.6 is 0 Å². The van der Waals surface area contributed by atoms with Gasteiger partial charge < -0.3 is 23.7 Å². The molecule has 0 radical (unpaired) electrons. The molecular weight excluding hydrogens is 456 g/mol. The highest BCUT2D eigenvalue weighted by Gasteiger charge is 2.28. The monoisotopic (exact) mass is 484 g/mol. The van der Waals surface area contributed by atoms with E-state index in [1.807, 2.05) is 0 Å². The highest BCUT2D eigenvalue weighted by Crippen LogP contribution is 2.43. The summed E-state index contributed by atoms with van der Waals surface area (Å²) in [5.41, 5.74) is 1.46. The number of pyridine rings is 1. The molecule has 10 heteroatoms. The van der Waals surface area contributed by atoms with Gasteiger partial charge in [-0.2, -0.15) is 0 Å².